The van der Waals surface area contributed by atoms with E-state index in [2.05, 4.69) is 10.3 Å². The van der Waals surface area contributed by atoms with Gasteiger partial charge < -0.3 is 5.21 Å². The van der Waals surface area contributed by atoms with Gasteiger partial charge in [-0.15, -0.1) is 11.8 Å². The first kappa shape index (κ1) is 15.4. The molecule has 2 rings (SSSR count). The first-order chi connectivity index (χ1) is 9.91. The molecule has 0 atom stereocenters. The third kappa shape index (κ3) is 3.78. The number of halogens is 3. The Bertz CT molecular complexity index is 638. The predicted octanol–water partition coefficient (Wildman–Crippen LogP) is 3.41. The number of benzene rings is 1. The van der Waals surface area contributed by atoms with Crippen molar-refractivity contribution in [2.45, 2.75) is 11.1 Å². The van der Waals surface area contributed by atoms with E-state index < -0.39 is 11.9 Å². The van der Waals surface area contributed by atoms with Crippen molar-refractivity contribution in [3.8, 4) is 0 Å². The largest absolute Gasteiger partial charge is 0.435 e. The molecule has 0 bridgehead atoms. The quantitative estimate of drug-likeness (QED) is 0.407. The third-order valence-corrected chi connectivity index (χ3v) is 3.73. The van der Waals surface area contributed by atoms with E-state index in [1.807, 2.05) is 30.3 Å². The number of rotatable bonds is 4. The average Bonchev–Trinajstić information content (AvgIpc) is 2.83. The molecule has 0 saturated heterocycles. The Morgan fingerprint density at radius 1 is 1.33 bits per heavy atom. The number of nitrogens with zero attached hydrogens (tertiary/aromatic N) is 3. The molecule has 2 aromatic rings. The van der Waals surface area contributed by atoms with Gasteiger partial charge >= 0.3 is 6.18 Å². The molecule has 8 heteroatoms. The summed E-state index contributed by atoms with van der Waals surface area (Å²) in [6, 6.07) is 10.2. The molecule has 1 heterocycles. The highest BCUT2D eigenvalue weighted by molar-refractivity contribution is 8.00. The molecule has 0 fully saturated rings. The number of oxime groups is 1. The zero-order valence-corrected chi connectivity index (χ0v) is 11.8. The molecule has 112 valence electrons. The second kappa shape index (κ2) is 6.21. The molecule has 0 aliphatic rings. The fourth-order valence-corrected chi connectivity index (χ4v) is 2.56. The van der Waals surface area contributed by atoms with Gasteiger partial charge in [0.1, 0.15) is 5.71 Å². The number of hydrogen-bond acceptors (Lipinski definition) is 4. The summed E-state index contributed by atoms with van der Waals surface area (Å²) in [4.78, 5) is 0.928. The maximum atomic E-state index is 12.6. The SMILES string of the molecule is Cn1nc(C(F)(F)F)cc1/C(CSc1ccccc1)=N\O. The van der Waals surface area contributed by atoms with Crippen molar-refractivity contribution in [1.82, 2.24) is 9.78 Å². The summed E-state index contributed by atoms with van der Waals surface area (Å²) in [5.41, 5.74) is -0.742. The Balaban J connectivity index is 2.17. The second-order valence-electron chi connectivity index (χ2n) is 4.18. The van der Waals surface area contributed by atoms with E-state index in [1.54, 1.807) is 0 Å². The number of alkyl halides is 3. The minimum atomic E-state index is -4.52. The zero-order valence-electron chi connectivity index (χ0n) is 11.0. The Hall–Kier alpha value is -1.96. The normalized spacial score (nSPS) is 12.7. The highest BCUT2D eigenvalue weighted by atomic mass is 32.2. The van der Waals surface area contributed by atoms with Crippen LogP contribution in [0.5, 0.6) is 0 Å². The molecule has 0 aliphatic carbocycles. The maximum Gasteiger partial charge on any atom is 0.435 e. The van der Waals surface area contributed by atoms with Crippen molar-refractivity contribution in [1.29, 1.82) is 0 Å². The molecule has 0 radical (unpaired) electrons. The molecule has 0 aliphatic heterocycles. The van der Waals surface area contributed by atoms with Crippen LogP contribution in [-0.4, -0.2) is 26.5 Å². The molecule has 1 aromatic heterocycles. The Kier molecular flexibility index (Phi) is 4.56. The fraction of sp³-hybridized carbons (Fsp3) is 0.231. The lowest BCUT2D eigenvalue weighted by atomic mass is 10.2. The van der Waals surface area contributed by atoms with Crippen molar-refractivity contribution in [3.63, 3.8) is 0 Å². The van der Waals surface area contributed by atoms with E-state index >= 15 is 0 Å². The minimum absolute atomic E-state index is 0.133. The highest BCUT2D eigenvalue weighted by Gasteiger charge is 2.35. The Labute approximate surface area is 123 Å². The van der Waals surface area contributed by atoms with E-state index in [0.29, 0.717) is 0 Å². The van der Waals surface area contributed by atoms with Crippen LogP contribution in [0.4, 0.5) is 13.2 Å². The number of hydrogen-bond donors (Lipinski definition) is 1. The topological polar surface area (TPSA) is 50.4 Å². The van der Waals surface area contributed by atoms with E-state index in [4.69, 9.17) is 5.21 Å². The standard InChI is InChI=1S/C13H12F3N3OS/c1-19-11(7-12(17-19)13(14,15)16)10(18-20)8-21-9-5-3-2-4-6-9/h2-7,20H,8H2,1H3/b18-10-. The molecular formula is C13H12F3N3OS. The summed E-state index contributed by atoms with van der Waals surface area (Å²) in [6.45, 7) is 0. The van der Waals surface area contributed by atoms with Crippen molar-refractivity contribution < 1.29 is 18.4 Å². The first-order valence-electron chi connectivity index (χ1n) is 5.92. The van der Waals surface area contributed by atoms with Gasteiger partial charge in [0, 0.05) is 17.7 Å². The summed E-state index contributed by atoms with van der Waals surface area (Å²) in [5, 5.41) is 15.5. The van der Waals surface area contributed by atoms with Crippen LogP contribution in [0.1, 0.15) is 11.4 Å². The van der Waals surface area contributed by atoms with Crippen LogP contribution in [0.3, 0.4) is 0 Å². The van der Waals surface area contributed by atoms with Crippen LogP contribution in [0.2, 0.25) is 0 Å². The van der Waals surface area contributed by atoms with Gasteiger partial charge in [-0.1, -0.05) is 23.4 Å². The summed E-state index contributed by atoms with van der Waals surface area (Å²) in [5.74, 6) is 0.233. The molecule has 1 N–H and O–H groups in total. The van der Waals surface area contributed by atoms with E-state index in [9.17, 15) is 13.2 Å². The number of thioether (sulfide) groups is 1. The van der Waals surface area contributed by atoms with Crippen molar-refractivity contribution in [3.05, 3.63) is 47.8 Å². The van der Waals surface area contributed by atoms with Gasteiger partial charge in [-0.2, -0.15) is 18.3 Å². The maximum absolute atomic E-state index is 12.6. The van der Waals surface area contributed by atoms with Crippen LogP contribution < -0.4 is 0 Å². The van der Waals surface area contributed by atoms with Gasteiger partial charge in [-0.3, -0.25) is 4.68 Å². The summed E-state index contributed by atoms with van der Waals surface area (Å²) in [7, 11) is 1.38. The molecule has 0 spiro atoms. The van der Waals surface area contributed by atoms with E-state index in [-0.39, 0.29) is 17.2 Å². The molecule has 4 nitrogen and oxygen atoms in total. The molecular weight excluding hydrogens is 303 g/mol. The fourth-order valence-electron chi connectivity index (χ4n) is 1.70. The molecule has 0 amide bonds. The van der Waals surface area contributed by atoms with Gasteiger partial charge in [0.2, 0.25) is 0 Å². The summed E-state index contributed by atoms with van der Waals surface area (Å²) >= 11 is 1.36. The predicted molar refractivity (Wildman–Crippen MR) is 73.7 cm³/mol. The Morgan fingerprint density at radius 3 is 2.52 bits per heavy atom. The molecule has 1 aromatic carbocycles. The lowest BCUT2D eigenvalue weighted by molar-refractivity contribution is -0.141. The van der Waals surface area contributed by atoms with Crippen LogP contribution in [-0.2, 0) is 13.2 Å². The van der Waals surface area contributed by atoms with Crippen LogP contribution in [0, 0.1) is 0 Å². The van der Waals surface area contributed by atoms with Gasteiger partial charge in [0.25, 0.3) is 0 Å². The summed E-state index contributed by atoms with van der Waals surface area (Å²) < 4.78 is 38.9. The third-order valence-electron chi connectivity index (χ3n) is 2.71. The highest BCUT2D eigenvalue weighted by Crippen LogP contribution is 2.29. The van der Waals surface area contributed by atoms with E-state index in [1.165, 1.54) is 18.8 Å². The lowest BCUT2D eigenvalue weighted by Gasteiger charge is -2.04. The van der Waals surface area contributed by atoms with Crippen LogP contribution >= 0.6 is 11.8 Å². The number of aryl methyl sites for hydroxylation is 1. The molecule has 0 saturated carbocycles. The average molecular weight is 315 g/mol. The van der Waals surface area contributed by atoms with Crippen LogP contribution in [0.15, 0.2) is 46.4 Å². The van der Waals surface area contributed by atoms with Gasteiger partial charge in [0.05, 0.1) is 5.69 Å². The minimum Gasteiger partial charge on any atom is -0.411 e. The van der Waals surface area contributed by atoms with Crippen molar-refractivity contribution in [2.24, 2.45) is 12.2 Å². The van der Waals surface area contributed by atoms with Gasteiger partial charge in [0.15, 0.2) is 5.69 Å². The van der Waals surface area contributed by atoms with Crippen molar-refractivity contribution >= 4 is 17.5 Å². The number of aromatic nitrogens is 2. The van der Waals surface area contributed by atoms with Gasteiger partial charge in [-0.25, -0.2) is 0 Å². The molecule has 0 unspecified atom stereocenters. The monoisotopic (exact) mass is 315 g/mol. The lowest BCUT2D eigenvalue weighted by Crippen LogP contribution is -2.10. The molecule has 21 heavy (non-hydrogen) atoms. The Morgan fingerprint density at radius 2 is 2.00 bits per heavy atom. The summed E-state index contributed by atoms with van der Waals surface area (Å²) in [6.07, 6.45) is -4.52. The van der Waals surface area contributed by atoms with Gasteiger partial charge in [-0.05, 0) is 18.2 Å². The van der Waals surface area contributed by atoms with Crippen molar-refractivity contribution in [2.75, 3.05) is 5.75 Å². The van der Waals surface area contributed by atoms with E-state index in [0.717, 1.165) is 15.6 Å². The van der Waals surface area contributed by atoms with Crippen LogP contribution in [0.25, 0.3) is 0 Å². The second-order valence-corrected chi connectivity index (χ2v) is 5.23. The zero-order chi connectivity index (χ0) is 15.5. The first-order valence-corrected chi connectivity index (χ1v) is 6.90. The smallest absolute Gasteiger partial charge is 0.411 e.